The van der Waals surface area contributed by atoms with E-state index < -0.39 is 0 Å². The van der Waals surface area contributed by atoms with Crippen molar-refractivity contribution in [1.82, 2.24) is 0 Å². The average Bonchev–Trinajstić information content (AvgIpc) is 2.92. The van der Waals surface area contributed by atoms with Gasteiger partial charge in [0.25, 0.3) is 0 Å². The van der Waals surface area contributed by atoms with Gasteiger partial charge < -0.3 is 0 Å². The van der Waals surface area contributed by atoms with E-state index in [1.807, 2.05) is 6.08 Å². The van der Waals surface area contributed by atoms with Gasteiger partial charge >= 0.3 is 0 Å². The Morgan fingerprint density at radius 2 is 1.92 bits per heavy atom. The fourth-order valence-corrected chi connectivity index (χ4v) is 7.63. The molecule has 4 aliphatic carbocycles. The van der Waals surface area contributed by atoms with E-state index in [9.17, 15) is 4.79 Å². The molecule has 0 N–H and O–H groups in total. The number of ketones is 1. The minimum absolute atomic E-state index is 0.320. The lowest BCUT2D eigenvalue weighted by atomic mass is 9.46. The average molecular weight is 327 g/mol. The molecule has 1 unspecified atom stereocenters. The summed E-state index contributed by atoms with van der Waals surface area (Å²) in [5.74, 6) is 4.47. The minimum atomic E-state index is 0.320. The van der Waals surface area contributed by atoms with Gasteiger partial charge in [0.1, 0.15) is 0 Å². The maximum Gasteiger partial charge on any atom is 0.155 e. The van der Waals surface area contributed by atoms with Crippen molar-refractivity contribution in [2.75, 3.05) is 0 Å². The van der Waals surface area contributed by atoms with E-state index in [2.05, 4.69) is 33.4 Å². The Balaban J connectivity index is 1.65. The topological polar surface area (TPSA) is 17.1 Å². The molecule has 0 amide bonds. The third kappa shape index (κ3) is 2.15. The highest BCUT2D eigenvalue weighted by Gasteiger charge is 2.59. The fraction of sp³-hybridized carbons (Fsp3) is 0.783. The monoisotopic (exact) mass is 326 g/mol. The van der Waals surface area contributed by atoms with Crippen molar-refractivity contribution in [2.45, 2.75) is 72.1 Å². The van der Waals surface area contributed by atoms with E-state index in [-0.39, 0.29) is 0 Å². The number of rotatable bonds is 2. The molecule has 1 nitrogen and oxygen atoms in total. The molecule has 0 aliphatic heterocycles. The molecule has 1 heteroatoms. The maximum absolute atomic E-state index is 11.9. The molecule has 0 radical (unpaired) electrons. The van der Waals surface area contributed by atoms with Crippen LogP contribution in [0, 0.1) is 40.4 Å². The van der Waals surface area contributed by atoms with Gasteiger partial charge in [0, 0.05) is 6.42 Å². The lowest BCUT2D eigenvalue weighted by Gasteiger charge is -2.58. The molecule has 132 valence electrons. The Morgan fingerprint density at radius 3 is 2.67 bits per heavy atom. The van der Waals surface area contributed by atoms with Crippen LogP contribution in [0.15, 0.2) is 24.3 Å². The van der Waals surface area contributed by atoms with Crippen LogP contribution in [-0.4, -0.2) is 5.78 Å². The van der Waals surface area contributed by atoms with Crippen molar-refractivity contribution < 1.29 is 4.79 Å². The quantitative estimate of drug-likeness (QED) is 0.572. The summed E-state index contributed by atoms with van der Waals surface area (Å²) in [6.45, 7) is 11.6. The Kier molecular flexibility index (Phi) is 3.86. The molecule has 0 saturated heterocycles. The number of fused-ring (bicyclic) bond motifs is 5. The van der Waals surface area contributed by atoms with E-state index >= 15 is 0 Å². The number of hydrogen-bond donors (Lipinski definition) is 0. The Hall–Kier alpha value is -0.850. The van der Waals surface area contributed by atoms with Gasteiger partial charge in [-0.25, -0.2) is 0 Å². The molecule has 0 heterocycles. The van der Waals surface area contributed by atoms with Crippen LogP contribution in [0.2, 0.25) is 0 Å². The highest BCUT2D eigenvalue weighted by molar-refractivity contribution is 5.91. The van der Waals surface area contributed by atoms with Crippen molar-refractivity contribution in [3.05, 3.63) is 24.3 Å². The first-order valence-electron chi connectivity index (χ1n) is 10.3. The Morgan fingerprint density at radius 1 is 1.12 bits per heavy atom. The van der Waals surface area contributed by atoms with Gasteiger partial charge in [-0.3, -0.25) is 4.79 Å². The van der Waals surface area contributed by atoms with Crippen molar-refractivity contribution in [3.8, 4) is 0 Å². The van der Waals surface area contributed by atoms with Crippen molar-refractivity contribution in [3.63, 3.8) is 0 Å². The standard InChI is InChI=1S/C23H34O/c1-5-15(2)19-8-9-20-18-7-6-16-14-17(24)10-12-22(16,3)21(18)11-13-23(19,20)4/h5,14-15,18-21H,1,6-13H2,2-4H3/t15?,18-,19+,20-,21-,22-,23+/m0/s1. The zero-order valence-electron chi connectivity index (χ0n) is 15.8. The molecule has 0 spiro atoms. The fourth-order valence-electron chi connectivity index (χ4n) is 7.63. The second-order valence-electron chi connectivity index (χ2n) is 9.79. The van der Waals surface area contributed by atoms with Crippen LogP contribution in [0.1, 0.15) is 72.1 Å². The van der Waals surface area contributed by atoms with Gasteiger partial charge in [0.15, 0.2) is 5.78 Å². The summed E-state index contributed by atoms with van der Waals surface area (Å²) in [5.41, 5.74) is 2.34. The summed E-state index contributed by atoms with van der Waals surface area (Å²) in [6.07, 6.45) is 14.2. The third-order valence-corrected chi connectivity index (χ3v) is 9.04. The normalized spacial score (nSPS) is 48.8. The molecule has 4 aliphatic rings. The molecule has 24 heavy (non-hydrogen) atoms. The summed E-state index contributed by atoms with van der Waals surface area (Å²) in [6, 6.07) is 0. The Labute approximate surface area is 148 Å². The summed E-state index contributed by atoms with van der Waals surface area (Å²) in [4.78, 5) is 11.9. The van der Waals surface area contributed by atoms with Crippen LogP contribution in [-0.2, 0) is 4.79 Å². The van der Waals surface area contributed by atoms with Crippen LogP contribution in [0.3, 0.4) is 0 Å². The zero-order chi connectivity index (χ0) is 17.1. The molecular weight excluding hydrogens is 292 g/mol. The van der Waals surface area contributed by atoms with E-state index in [0.717, 1.165) is 36.5 Å². The molecule has 7 atom stereocenters. The first-order chi connectivity index (χ1) is 11.4. The van der Waals surface area contributed by atoms with Crippen LogP contribution in [0.5, 0.6) is 0 Å². The van der Waals surface area contributed by atoms with Gasteiger partial charge in [0.05, 0.1) is 0 Å². The maximum atomic E-state index is 11.9. The van der Waals surface area contributed by atoms with Gasteiger partial charge in [-0.2, -0.15) is 0 Å². The first-order valence-corrected chi connectivity index (χ1v) is 10.3. The molecule has 3 saturated carbocycles. The van der Waals surface area contributed by atoms with E-state index in [4.69, 9.17) is 0 Å². The molecule has 0 aromatic rings. The SMILES string of the molecule is C=CC(C)[C@H]1CC[C@H]2[C@@H]3CCC4=CC(=O)CC[C@]4(C)[C@H]3CC[C@]12C. The predicted molar refractivity (Wildman–Crippen MR) is 99.6 cm³/mol. The smallest absolute Gasteiger partial charge is 0.155 e. The van der Waals surface area contributed by atoms with E-state index in [1.165, 1.54) is 44.1 Å². The molecule has 0 bridgehead atoms. The van der Waals surface area contributed by atoms with Gasteiger partial charge in [-0.15, -0.1) is 6.58 Å². The van der Waals surface area contributed by atoms with Gasteiger partial charge in [-0.1, -0.05) is 32.4 Å². The van der Waals surface area contributed by atoms with Gasteiger partial charge in [-0.05, 0) is 91.4 Å². The summed E-state index contributed by atoms with van der Waals surface area (Å²) < 4.78 is 0. The lowest BCUT2D eigenvalue weighted by Crippen LogP contribution is -2.50. The lowest BCUT2D eigenvalue weighted by molar-refractivity contribution is -0.117. The van der Waals surface area contributed by atoms with Crippen molar-refractivity contribution in [1.29, 1.82) is 0 Å². The zero-order valence-corrected chi connectivity index (χ0v) is 15.8. The van der Waals surface area contributed by atoms with Crippen LogP contribution >= 0.6 is 0 Å². The highest BCUT2D eigenvalue weighted by atomic mass is 16.1. The van der Waals surface area contributed by atoms with Crippen molar-refractivity contribution in [2.24, 2.45) is 40.4 Å². The molecular formula is C23H34O. The van der Waals surface area contributed by atoms with Gasteiger partial charge in [0.2, 0.25) is 0 Å². The molecule has 3 fully saturated rings. The molecule has 0 aromatic heterocycles. The highest BCUT2D eigenvalue weighted by Crippen LogP contribution is 2.67. The second-order valence-corrected chi connectivity index (χ2v) is 9.79. The predicted octanol–water partition coefficient (Wildman–Crippen LogP) is 5.96. The number of carbonyl (C=O) groups excluding carboxylic acids is 1. The third-order valence-electron chi connectivity index (χ3n) is 9.04. The van der Waals surface area contributed by atoms with E-state index in [0.29, 0.717) is 22.5 Å². The number of allylic oxidation sites excluding steroid dienone is 2. The van der Waals surface area contributed by atoms with Crippen LogP contribution < -0.4 is 0 Å². The molecule has 0 aromatic carbocycles. The summed E-state index contributed by atoms with van der Waals surface area (Å²) in [5, 5.41) is 0. The van der Waals surface area contributed by atoms with Crippen LogP contribution in [0.4, 0.5) is 0 Å². The first kappa shape index (κ1) is 16.6. The summed E-state index contributed by atoms with van der Waals surface area (Å²) in [7, 11) is 0. The van der Waals surface area contributed by atoms with Crippen molar-refractivity contribution >= 4 is 5.78 Å². The van der Waals surface area contributed by atoms with Crippen LogP contribution in [0.25, 0.3) is 0 Å². The minimum Gasteiger partial charge on any atom is -0.295 e. The molecule has 4 rings (SSSR count). The second kappa shape index (κ2) is 5.58. The number of hydrogen-bond acceptors (Lipinski definition) is 1. The number of carbonyl (C=O) groups is 1. The van der Waals surface area contributed by atoms with E-state index in [1.54, 1.807) is 0 Å². The largest absolute Gasteiger partial charge is 0.295 e. The summed E-state index contributed by atoms with van der Waals surface area (Å²) >= 11 is 0. The Bertz CT molecular complexity index is 587.